The molecule has 3 rings (SSSR count). The van der Waals surface area contributed by atoms with Crippen molar-refractivity contribution < 1.29 is 14.3 Å². The summed E-state index contributed by atoms with van der Waals surface area (Å²) >= 11 is 0. The van der Waals surface area contributed by atoms with Crippen LogP contribution in [-0.4, -0.2) is 48.5 Å². The Kier molecular flexibility index (Phi) is 5.76. The van der Waals surface area contributed by atoms with Crippen LogP contribution in [0.25, 0.3) is 10.8 Å². The Hall–Kier alpha value is -2.56. The van der Waals surface area contributed by atoms with Gasteiger partial charge in [-0.2, -0.15) is 0 Å². The van der Waals surface area contributed by atoms with Gasteiger partial charge in [0.25, 0.3) is 0 Å². The number of piperidine rings is 1. The summed E-state index contributed by atoms with van der Waals surface area (Å²) in [5.41, 5.74) is 1.11. The number of likely N-dealkylation sites (tertiary alicyclic amines) is 1. The standard InChI is InChI=1S/C21H26N2O3/c1-3-26-21(25)23-12-6-9-19(15-23)20(24)22(2)14-16-10-11-17-7-4-5-8-18(17)13-16/h4-5,7-8,10-11,13,19H,3,6,9,12,14-15H2,1-2H3/t19-/m0/s1. The quantitative estimate of drug-likeness (QED) is 0.842. The second kappa shape index (κ2) is 8.21. The summed E-state index contributed by atoms with van der Waals surface area (Å²) in [7, 11) is 1.83. The number of benzene rings is 2. The molecule has 5 nitrogen and oxygen atoms in total. The Morgan fingerprint density at radius 3 is 2.73 bits per heavy atom. The number of hydrogen-bond donors (Lipinski definition) is 0. The van der Waals surface area contributed by atoms with E-state index in [-0.39, 0.29) is 17.9 Å². The molecule has 0 aliphatic carbocycles. The molecule has 2 aromatic rings. The van der Waals surface area contributed by atoms with Gasteiger partial charge in [0, 0.05) is 26.7 Å². The lowest BCUT2D eigenvalue weighted by atomic mass is 9.96. The van der Waals surface area contributed by atoms with E-state index in [9.17, 15) is 9.59 Å². The molecule has 2 amide bonds. The average molecular weight is 354 g/mol. The zero-order chi connectivity index (χ0) is 18.5. The third-order valence-corrected chi connectivity index (χ3v) is 4.91. The highest BCUT2D eigenvalue weighted by Crippen LogP contribution is 2.21. The van der Waals surface area contributed by atoms with E-state index in [0.29, 0.717) is 26.2 Å². The maximum absolute atomic E-state index is 12.8. The van der Waals surface area contributed by atoms with Crippen molar-refractivity contribution in [2.75, 3.05) is 26.7 Å². The molecule has 0 N–H and O–H groups in total. The molecule has 1 aliphatic heterocycles. The predicted molar refractivity (Wildman–Crippen MR) is 102 cm³/mol. The summed E-state index contributed by atoms with van der Waals surface area (Å²) in [6.07, 6.45) is 1.33. The van der Waals surface area contributed by atoms with Gasteiger partial charge in [-0.15, -0.1) is 0 Å². The topological polar surface area (TPSA) is 49.9 Å². The first-order valence-corrected chi connectivity index (χ1v) is 9.23. The molecule has 26 heavy (non-hydrogen) atoms. The van der Waals surface area contributed by atoms with Crippen molar-refractivity contribution in [2.24, 2.45) is 5.92 Å². The third-order valence-electron chi connectivity index (χ3n) is 4.91. The van der Waals surface area contributed by atoms with Crippen molar-refractivity contribution in [1.82, 2.24) is 9.80 Å². The number of amides is 2. The minimum absolute atomic E-state index is 0.0900. The summed E-state index contributed by atoms with van der Waals surface area (Å²) in [6, 6.07) is 14.5. The van der Waals surface area contributed by atoms with Gasteiger partial charge in [-0.05, 0) is 42.2 Å². The predicted octanol–water partition coefficient (Wildman–Crippen LogP) is 3.67. The van der Waals surface area contributed by atoms with E-state index in [1.807, 2.05) is 19.2 Å². The molecule has 138 valence electrons. The van der Waals surface area contributed by atoms with Crippen molar-refractivity contribution >= 4 is 22.8 Å². The highest BCUT2D eigenvalue weighted by Gasteiger charge is 2.30. The van der Waals surface area contributed by atoms with E-state index in [1.54, 1.807) is 16.7 Å². The Labute approximate surface area is 154 Å². The van der Waals surface area contributed by atoms with Crippen LogP contribution >= 0.6 is 0 Å². The molecule has 1 atom stereocenters. The lowest BCUT2D eigenvalue weighted by Gasteiger charge is -2.33. The highest BCUT2D eigenvalue weighted by atomic mass is 16.6. The third kappa shape index (κ3) is 4.15. The maximum Gasteiger partial charge on any atom is 0.409 e. The fourth-order valence-corrected chi connectivity index (χ4v) is 3.56. The van der Waals surface area contributed by atoms with Crippen LogP contribution in [0.3, 0.4) is 0 Å². The van der Waals surface area contributed by atoms with E-state index < -0.39 is 0 Å². The Morgan fingerprint density at radius 1 is 1.19 bits per heavy atom. The molecule has 1 saturated heterocycles. The first-order chi connectivity index (χ1) is 12.6. The number of carbonyl (C=O) groups is 2. The second-order valence-electron chi connectivity index (χ2n) is 6.86. The molecule has 2 aromatic carbocycles. The molecule has 0 bridgehead atoms. The molecule has 1 heterocycles. The van der Waals surface area contributed by atoms with Crippen LogP contribution in [0, 0.1) is 5.92 Å². The number of ether oxygens (including phenoxy) is 1. The van der Waals surface area contributed by atoms with Crippen molar-refractivity contribution in [1.29, 1.82) is 0 Å². The van der Waals surface area contributed by atoms with Gasteiger partial charge >= 0.3 is 6.09 Å². The van der Waals surface area contributed by atoms with Gasteiger partial charge in [0.15, 0.2) is 0 Å². The fourth-order valence-electron chi connectivity index (χ4n) is 3.56. The van der Waals surface area contributed by atoms with Gasteiger partial charge in [0.1, 0.15) is 0 Å². The first kappa shape index (κ1) is 18.2. The summed E-state index contributed by atoms with van der Waals surface area (Å²) in [5, 5.41) is 2.37. The average Bonchev–Trinajstić information content (AvgIpc) is 2.67. The van der Waals surface area contributed by atoms with Gasteiger partial charge in [-0.1, -0.05) is 36.4 Å². The molecular weight excluding hydrogens is 328 g/mol. The fraction of sp³-hybridized carbons (Fsp3) is 0.429. The Balaban J connectivity index is 1.63. The van der Waals surface area contributed by atoms with E-state index in [4.69, 9.17) is 4.74 Å². The lowest BCUT2D eigenvalue weighted by Crippen LogP contribution is -2.45. The van der Waals surface area contributed by atoms with Gasteiger partial charge in [-0.25, -0.2) is 4.79 Å². The number of fused-ring (bicyclic) bond motifs is 1. The normalized spacial score (nSPS) is 17.2. The minimum atomic E-state index is -0.317. The van der Waals surface area contributed by atoms with Crippen LogP contribution in [0.1, 0.15) is 25.3 Å². The SMILES string of the molecule is CCOC(=O)N1CCC[C@H](C(=O)N(C)Cc2ccc3ccccc3c2)C1. The monoisotopic (exact) mass is 354 g/mol. The molecule has 0 aromatic heterocycles. The molecule has 1 fully saturated rings. The van der Waals surface area contributed by atoms with Crippen LogP contribution in [0.4, 0.5) is 4.79 Å². The van der Waals surface area contributed by atoms with Crippen molar-refractivity contribution in [2.45, 2.75) is 26.3 Å². The van der Waals surface area contributed by atoms with Crippen molar-refractivity contribution in [3.05, 3.63) is 48.0 Å². The van der Waals surface area contributed by atoms with Gasteiger partial charge in [-0.3, -0.25) is 4.79 Å². The second-order valence-corrected chi connectivity index (χ2v) is 6.86. The lowest BCUT2D eigenvalue weighted by molar-refractivity contribution is -0.136. The van der Waals surface area contributed by atoms with E-state index in [0.717, 1.165) is 18.4 Å². The minimum Gasteiger partial charge on any atom is -0.450 e. The smallest absolute Gasteiger partial charge is 0.409 e. The molecule has 0 unspecified atom stereocenters. The zero-order valence-electron chi connectivity index (χ0n) is 15.5. The number of hydrogen-bond acceptors (Lipinski definition) is 3. The molecule has 1 aliphatic rings. The van der Waals surface area contributed by atoms with E-state index >= 15 is 0 Å². The van der Waals surface area contributed by atoms with E-state index in [2.05, 4.69) is 30.3 Å². The summed E-state index contributed by atoms with van der Waals surface area (Å²) in [6.45, 7) is 3.83. The van der Waals surface area contributed by atoms with Crippen LogP contribution < -0.4 is 0 Å². The number of rotatable bonds is 4. The van der Waals surface area contributed by atoms with Crippen molar-refractivity contribution in [3.8, 4) is 0 Å². The highest BCUT2D eigenvalue weighted by molar-refractivity contribution is 5.83. The van der Waals surface area contributed by atoms with Crippen molar-refractivity contribution in [3.63, 3.8) is 0 Å². The van der Waals surface area contributed by atoms with Gasteiger partial charge in [0.2, 0.25) is 5.91 Å². The summed E-state index contributed by atoms with van der Waals surface area (Å²) < 4.78 is 5.07. The molecule has 5 heteroatoms. The molecule has 0 radical (unpaired) electrons. The number of nitrogens with zero attached hydrogens (tertiary/aromatic N) is 2. The molecule has 0 saturated carbocycles. The molecular formula is C21H26N2O3. The number of carbonyl (C=O) groups excluding carboxylic acids is 2. The molecule has 0 spiro atoms. The maximum atomic E-state index is 12.8. The van der Waals surface area contributed by atoms with Crippen LogP contribution in [0.5, 0.6) is 0 Å². The zero-order valence-corrected chi connectivity index (χ0v) is 15.5. The Morgan fingerprint density at radius 2 is 1.96 bits per heavy atom. The summed E-state index contributed by atoms with van der Waals surface area (Å²) in [5.74, 6) is -0.0641. The largest absolute Gasteiger partial charge is 0.450 e. The van der Waals surface area contributed by atoms with E-state index in [1.165, 1.54) is 10.8 Å². The summed E-state index contributed by atoms with van der Waals surface area (Å²) in [4.78, 5) is 28.2. The Bertz CT molecular complexity index is 790. The van der Waals surface area contributed by atoms with Crippen LogP contribution in [0.2, 0.25) is 0 Å². The van der Waals surface area contributed by atoms with Gasteiger partial charge < -0.3 is 14.5 Å². The van der Waals surface area contributed by atoms with Crippen LogP contribution in [0.15, 0.2) is 42.5 Å². The van der Waals surface area contributed by atoms with Crippen LogP contribution in [-0.2, 0) is 16.1 Å². The van der Waals surface area contributed by atoms with Gasteiger partial charge in [0.05, 0.1) is 12.5 Å². The first-order valence-electron chi connectivity index (χ1n) is 9.23.